The van der Waals surface area contributed by atoms with Crippen LogP contribution in [0.4, 0.5) is 0 Å². The summed E-state index contributed by atoms with van der Waals surface area (Å²) in [4.78, 5) is 38.1. The molecule has 1 spiro atoms. The Morgan fingerprint density at radius 1 is 1.03 bits per heavy atom. The number of likely N-dealkylation sites (tertiary alicyclic amines) is 2. The molecule has 3 heterocycles. The Labute approximate surface area is 170 Å². The van der Waals surface area contributed by atoms with Crippen molar-refractivity contribution in [2.45, 2.75) is 50.6 Å². The zero-order valence-corrected chi connectivity index (χ0v) is 16.5. The van der Waals surface area contributed by atoms with E-state index in [-0.39, 0.29) is 23.4 Å². The Morgan fingerprint density at radius 3 is 2.41 bits per heavy atom. The van der Waals surface area contributed by atoms with Crippen LogP contribution in [0.15, 0.2) is 48.9 Å². The molecule has 5 rings (SSSR count). The Balaban J connectivity index is 1.32. The molecule has 1 aliphatic carbocycles. The predicted molar refractivity (Wildman–Crippen MR) is 108 cm³/mol. The van der Waals surface area contributed by atoms with Crippen LogP contribution in [-0.4, -0.2) is 50.7 Å². The molecule has 3 aliphatic rings. The molecule has 6 heteroatoms. The number of amides is 2. The van der Waals surface area contributed by atoms with Gasteiger partial charge in [0.25, 0.3) is 5.91 Å². The van der Waals surface area contributed by atoms with Gasteiger partial charge in [-0.25, -0.2) is 4.98 Å². The second-order valence-corrected chi connectivity index (χ2v) is 8.50. The molecular formula is C23H26N4O2. The van der Waals surface area contributed by atoms with Crippen molar-refractivity contribution < 1.29 is 9.59 Å². The fourth-order valence-electron chi connectivity index (χ4n) is 5.59. The number of β-lactam (4-membered cyclic amide) rings is 1. The molecule has 2 saturated heterocycles. The third-order valence-corrected chi connectivity index (χ3v) is 7.00. The van der Waals surface area contributed by atoms with Crippen molar-refractivity contribution in [1.29, 1.82) is 0 Å². The minimum Gasteiger partial charge on any atom is -0.337 e. The van der Waals surface area contributed by atoms with Crippen LogP contribution in [0.5, 0.6) is 0 Å². The summed E-state index contributed by atoms with van der Waals surface area (Å²) in [5, 5.41) is 0. The van der Waals surface area contributed by atoms with Gasteiger partial charge in [0.2, 0.25) is 5.91 Å². The van der Waals surface area contributed by atoms with E-state index in [2.05, 4.69) is 39.1 Å². The van der Waals surface area contributed by atoms with Crippen LogP contribution in [-0.2, 0) is 4.79 Å². The fourth-order valence-corrected chi connectivity index (χ4v) is 5.59. The van der Waals surface area contributed by atoms with Crippen molar-refractivity contribution in [1.82, 2.24) is 19.8 Å². The van der Waals surface area contributed by atoms with Crippen LogP contribution in [0.2, 0.25) is 0 Å². The molecule has 1 atom stereocenters. The molecule has 1 unspecified atom stereocenters. The van der Waals surface area contributed by atoms with Gasteiger partial charge in [0.15, 0.2) is 0 Å². The van der Waals surface area contributed by atoms with E-state index in [1.165, 1.54) is 11.8 Å². The summed E-state index contributed by atoms with van der Waals surface area (Å²) in [5.41, 5.74) is 1.46. The van der Waals surface area contributed by atoms with Crippen molar-refractivity contribution in [3.63, 3.8) is 0 Å². The smallest absolute Gasteiger partial charge is 0.274 e. The lowest BCUT2D eigenvalue weighted by atomic mass is 9.65. The Hall–Kier alpha value is -2.76. The van der Waals surface area contributed by atoms with Gasteiger partial charge in [0, 0.05) is 31.5 Å². The number of aromatic nitrogens is 2. The molecule has 0 N–H and O–H groups in total. The zero-order chi connectivity index (χ0) is 19.8. The molecule has 1 aromatic carbocycles. The van der Waals surface area contributed by atoms with Gasteiger partial charge >= 0.3 is 0 Å². The number of carbonyl (C=O) groups excluding carboxylic acids is 2. The Kier molecular flexibility index (Phi) is 4.57. The van der Waals surface area contributed by atoms with E-state index in [1.54, 1.807) is 12.4 Å². The second kappa shape index (κ2) is 7.25. The van der Waals surface area contributed by atoms with Gasteiger partial charge in [-0.05, 0) is 31.2 Å². The molecule has 2 aromatic rings. The molecular weight excluding hydrogens is 364 g/mol. The lowest BCUT2D eigenvalue weighted by Gasteiger charge is -2.59. The molecule has 6 nitrogen and oxygen atoms in total. The molecule has 2 aliphatic heterocycles. The number of hydrogen-bond acceptors (Lipinski definition) is 4. The fraction of sp³-hybridized carbons (Fsp3) is 0.478. The van der Waals surface area contributed by atoms with Crippen LogP contribution in [0.1, 0.15) is 60.6 Å². The first-order valence-corrected chi connectivity index (χ1v) is 10.6. The first-order chi connectivity index (χ1) is 14.2. The maximum Gasteiger partial charge on any atom is 0.274 e. The molecule has 3 fully saturated rings. The molecule has 1 saturated carbocycles. The van der Waals surface area contributed by atoms with Gasteiger partial charge < -0.3 is 9.80 Å². The SMILES string of the molecule is O=C(c1cnccn1)N1CCC(N2C(=O)C3(CCCC3)C2c2ccccc2)CC1. The van der Waals surface area contributed by atoms with Crippen LogP contribution < -0.4 is 0 Å². The number of nitrogens with zero attached hydrogens (tertiary/aromatic N) is 4. The van der Waals surface area contributed by atoms with Crippen molar-refractivity contribution in [3.05, 3.63) is 60.2 Å². The van der Waals surface area contributed by atoms with Crippen LogP contribution in [0.3, 0.4) is 0 Å². The normalized spacial score (nSPS) is 24.0. The highest BCUT2D eigenvalue weighted by Crippen LogP contribution is 2.60. The summed E-state index contributed by atoms with van der Waals surface area (Å²) in [6.07, 6.45) is 10.6. The number of carbonyl (C=O) groups is 2. The maximum absolute atomic E-state index is 13.3. The number of benzene rings is 1. The van der Waals surface area contributed by atoms with E-state index in [0.29, 0.717) is 24.7 Å². The largest absolute Gasteiger partial charge is 0.337 e. The summed E-state index contributed by atoms with van der Waals surface area (Å²) < 4.78 is 0. The lowest BCUT2D eigenvalue weighted by Crippen LogP contribution is -2.66. The Morgan fingerprint density at radius 2 is 1.76 bits per heavy atom. The van der Waals surface area contributed by atoms with E-state index >= 15 is 0 Å². The molecule has 150 valence electrons. The van der Waals surface area contributed by atoms with Gasteiger partial charge in [0.05, 0.1) is 17.7 Å². The van der Waals surface area contributed by atoms with E-state index in [9.17, 15) is 9.59 Å². The molecule has 29 heavy (non-hydrogen) atoms. The molecule has 2 amide bonds. The van der Waals surface area contributed by atoms with Crippen molar-refractivity contribution >= 4 is 11.8 Å². The van der Waals surface area contributed by atoms with Gasteiger partial charge in [-0.1, -0.05) is 43.2 Å². The third kappa shape index (κ3) is 2.93. The highest BCUT2D eigenvalue weighted by Gasteiger charge is 2.63. The minimum atomic E-state index is -0.187. The second-order valence-electron chi connectivity index (χ2n) is 8.50. The highest BCUT2D eigenvalue weighted by molar-refractivity contribution is 5.92. The minimum absolute atomic E-state index is 0.0710. The van der Waals surface area contributed by atoms with Crippen LogP contribution in [0.25, 0.3) is 0 Å². The van der Waals surface area contributed by atoms with E-state index in [0.717, 1.165) is 38.5 Å². The topological polar surface area (TPSA) is 66.4 Å². The lowest BCUT2D eigenvalue weighted by molar-refractivity contribution is -0.180. The van der Waals surface area contributed by atoms with Gasteiger partial charge in [-0.2, -0.15) is 0 Å². The van der Waals surface area contributed by atoms with Crippen LogP contribution in [0, 0.1) is 5.41 Å². The molecule has 0 radical (unpaired) electrons. The summed E-state index contributed by atoms with van der Waals surface area (Å²) >= 11 is 0. The average molecular weight is 390 g/mol. The van der Waals surface area contributed by atoms with E-state index < -0.39 is 0 Å². The van der Waals surface area contributed by atoms with Gasteiger partial charge in [-0.3, -0.25) is 14.6 Å². The van der Waals surface area contributed by atoms with E-state index in [1.807, 2.05) is 11.0 Å². The highest BCUT2D eigenvalue weighted by atomic mass is 16.2. The zero-order valence-electron chi connectivity index (χ0n) is 16.5. The number of hydrogen-bond donors (Lipinski definition) is 0. The Bertz CT molecular complexity index is 888. The number of rotatable bonds is 3. The summed E-state index contributed by atoms with van der Waals surface area (Å²) in [5.74, 6) is 0.265. The summed E-state index contributed by atoms with van der Waals surface area (Å²) in [6, 6.07) is 10.9. The van der Waals surface area contributed by atoms with Crippen LogP contribution >= 0.6 is 0 Å². The summed E-state index contributed by atoms with van der Waals surface area (Å²) in [6.45, 7) is 1.30. The van der Waals surface area contributed by atoms with E-state index in [4.69, 9.17) is 0 Å². The predicted octanol–water partition coefficient (Wildman–Crippen LogP) is 3.23. The van der Waals surface area contributed by atoms with Crippen molar-refractivity contribution in [2.24, 2.45) is 5.41 Å². The van der Waals surface area contributed by atoms with Crippen molar-refractivity contribution in [3.8, 4) is 0 Å². The maximum atomic E-state index is 13.3. The molecule has 1 aromatic heterocycles. The first kappa shape index (κ1) is 18.3. The monoisotopic (exact) mass is 390 g/mol. The van der Waals surface area contributed by atoms with Gasteiger partial charge in [-0.15, -0.1) is 0 Å². The third-order valence-electron chi connectivity index (χ3n) is 7.00. The first-order valence-electron chi connectivity index (χ1n) is 10.6. The quantitative estimate of drug-likeness (QED) is 0.755. The summed E-state index contributed by atoms with van der Waals surface area (Å²) in [7, 11) is 0. The molecule has 0 bridgehead atoms. The average Bonchev–Trinajstić information content (AvgIpc) is 3.30. The van der Waals surface area contributed by atoms with Crippen molar-refractivity contribution in [2.75, 3.05) is 13.1 Å². The van der Waals surface area contributed by atoms with Gasteiger partial charge in [0.1, 0.15) is 5.69 Å². The number of piperidine rings is 1. The standard InChI is InChI=1S/C23H26N4O2/c28-21(19-16-24-12-13-25-19)26-14-8-18(9-15-26)27-20(17-6-2-1-3-7-17)23(22(27)29)10-4-5-11-23/h1-3,6-7,12-13,16,18,20H,4-5,8-11,14-15H2.